The van der Waals surface area contributed by atoms with Crippen LogP contribution in [0.4, 0.5) is 0 Å². The molecule has 114 valence electrons. The van der Waals surface area contributed by atoms with Gasteiger partial charge in [-0.3, -0.25) is 4.84 Å². The van der Waals surface area contributed by atoms with Crippen LogP contribution in [0.2, 0.25) is 0 Å². The number of pyridine rings is 1. The molecule has 1 aromatic heterocycles. The molecular formula is C20H24NO+. The van der Waals surface area contributed by atoms with Crippen molar-refractivity contribution in [2.75, 3.05) is 6.61 Å². The van der Waals surface area contributed by atoms with Crippen molar-refractivity contribution in [1.29, 1.82) is 0 Å². The lowest BCUT2D eigenvalue weighted by atomic mass is 10.0. The highest BCUT2D eigenvalue weighted by atomic mass is 16.7. The maximum Gasteiger partial charge on any atom is 0.265 e. The summed E-state index contributed by atoms with van der Waals surface area (Å²) in [5.41, 5.74) is 2.26. The lowest BCUT2D eigenvalue weighted by Gasteiger charge is -2.12. The Bertz CT molecular complexity index is 712. The molecule has 0 saturated carbocycles. The Labute approximate surface area is 132 Å². The van der Waals surface area contributed by atoms with Crippen LogP contribution in [0, 0.1) is 5.92 Å². The molecule has 0 amide bonds. The third kappa shape index (κ3) is 2.92. The van der Waals surface area contributed by atoms with Gasteiger partial charge in [-0.2, -0.15) is 0 Å². The summed E-state index contributed by atoms with van der Waals surface area (Å²) >= 11 is 0. The summed E-state index contributed by atoms with van der Waals surface area (Å²) in [7, 11) is 0. The molecule has 0 N–H and O–H groups in total. The minimum atomic E-state index is 0.621. The van der Waals surface area contributed by atoms with Gasteiger partial charge in [0.1, 0.15) is 0 Å². The van der Waals surface area contributed by atoms with Gasteiger partial charge in [0, 0.05) is 16.9 Å². The minimum absolute atomic E-state index is 0.621. The van der Waals surface area contributed by atoms with Crippen LogP contribution in [0.5, 0.6) is 0 Å². The minimum Gasteiger partial charge on any atom is -0.270 e. The molecule has 0 saturated heterocycles. The summed E-state index contributed by atoms with van der Waals surface area (Å²) in [5.74, 6) is 0.621. The summed E-state index contributed by atoms with van der Waals surface area (Å²) in [6.45, 7) is 5.26. The largest absolute Gasteiger partial charge is 0.270 e. The first-order chi connectivity index (χ1) is 10.8. The zero-order valence-electron chi connectivity index (χ0n) is 13.5. The predicted molar refractivity (Wildman–Crippen MR) is 91.8 cm³/mol. The molecule has 0 radical (unpaired) electrons. The maximum absolute atomic E-state index is 6.25. The van der Waals surface area contributed by atoms with Crippen molar-refractivity contribution in [2.45, 2.75) is 33.1 Å². The number of nitrogens with zero attached hydrogens (tertiary/aromatic N) is 1. The van der Waals surface area contributed by atoms with E-state index in [1.807, 2.05) is 4.73 Å². The van der Waals surface area contributed by atoms with Crippen molar-refractivity contribution >= 4 is 21.8 Å². The normalized spacial score (nSPS) is 12.6. The van der Waals surface area contributed by atoms with Crippen LogP contribution in [0.25, 0.3) is 21.8 Å². The highest BCUT2D eigenvalue weighted by Gasteiger charge is 2.18. The first-order valence-electron chi connectivity index (χ1n) is 8.29. The summed E-state index contributed by atoms with van der Waals surface area (Å²) < 4.78 is 2.02. The van der Waals surface area contributed by atoms with Gasteiger partial charge in [-0.05, 0) is 37.0 Å². The zero-order chi connectivity index (χ0) is 15.4. The molecule has 0 bridgehead atoms. The fraction of sp³-hybridized carbons (Fsp3) is 0.350. The molecule has 3 rings (SSSR count). The molecule has 1 heterocycles. The van der Waals surface area contributed by atoms with E-state index in [1.165, 1.54) is 23.6 Å². The summed E-state index contributed by atoms with van der Waals surface area (Å²) in [6.07, 6.45) is 3.60. The van der Waals surface area contributed by atoms with Crippen LogP contribution >= 0.6 is 0 Å². The summed E-state index contributed by atoms with van der Waals surface area (Å²) in [6, 6.07) is 19.1. The summed E-state index contributed by atoms with van der Waals surface area (Å²) in [4.78, 5) is 6.25. The number of hydrogen-bond acceptors (Lipinski definition) is 1. The maximum atomic E-state index is 6.25. The van der Waals surface area contributed by atoms with E-state index in [0.29, 0.717) is 5.92 Å². The molecule has 2 aromatic carbocycles. The van der Waals surface area contributed by atoms with Gasteiger partial charge in [0.25, 0.3) is 11.0 Å². The number of rotatable bonds is 6. The van der Waals surface area contributed by atoms with Crippen molar-refractivity contribution in [3.8, 4) is 0 Å². The molecular weight excluding hydrogens is 270 g/mol. The van der Waals surface area contributed by atoms with Crippen molar-refractivity contribution in [1.82, 2.24) is 0 Å². The number of benzene rings is 2. The molecule has 22 heavy (non-hydrogen) atoms. The van der Waals surface area contributed by atoms with Crippen LogP contribution in [-0.4, -0.2) is 6.61 Å². The van der Waals surface area contributed by atoms with Crippen molar-refractivity contribution < 1.29 is 9.57 Å². The van der Waals surface area contributed by atoms with E-state index in [9.17, 15) is 0 Å². The summed E-state index contributed by atoms with van der Waals surface area (Å²) in [5, 5.41) is 2.43. The van der Waals surface area contributed by atoms with Gasteiger partial charge < -0.3 is 0 Å². The topological polar surface area (TPSA) is 13.1 Å². The van der Waals surface area contributed by atoms with E-state index >= 15 is 0 Å². The van der Waals surface area contributed by atoms with Gasteiger partial charge in [0.2, 0.25) is 0 Å². The van der Waals surface area contributed by atoms with E-state index in [2.05, 4.69) is 68.4 Å². The quantitative estimate of drug-likeness (QED) is 0.480. The average Bonchev–Trinajstić information content (AvgIpc) is 2.57. The Morgan fingerprint density at radius 1 is 0.909 bits per heavy atom. The zero-order valence-corrected chi connectivity index (χ0v) is 13.5. The number of hydrogen-bond donors (Lipinski definition) is 0. The molecule has 0 fully saturated rings. The smallest absolute Gasteiger partial charge is 0.265 e. The second kappa shape index (κ2) is 6.78. The Hall–Kier alpha value is -2.09. The number of fused-ring (bicyclic) bond motifs is 2. The Morgan fingerprint density at radius 3 is 2.05 bits per heavy atom. The molecule has 1 atom stereocenters. The second-order valence-electron chi connectivity index (χ2n) is 5.92. The highest BCUT2D eigenvalue weighted by molar-refractivity contribution is 5.88. The van der Waals surface area contributed by atoms with Crippen LogP contribution in [0.15, 0.2) is 54.6 Å². The van der Waals surface area contributed by atoms with Gasteiger partial charge in [0.15, 0.2) is 6.61 Å². The predicted octanol–water partition coefficient (Wildman–Crippen LogP) is 4.54. The van der Waals surface area contributed by atoms with Crippen molar-refractivity contribution in [3.05, 3.63) is 54.6 Å². The first kappa shape index (κ1) is 14.8. The van der Waals surface area contributed by atoms with E-state index in [0.717, 1.165) is 24.1 Å². The third-order valence-electron chi connectivity index (χ3n) is 4.34. The fourth-order valence-electron chi connectivity index (χ4n) is 3.02. The van der Waals surface area contributed by atoms with Gasteiger partial charge in [-0.25, -0.2) is 0 Å². The van der Waals surface area contributed by atoms with Crippen LogP contribution in [-0.2, 0) is 0 Å². The van der Waals surface area contributed by atoms with Gasteiger partial charge in [-0.15, -0.1) is 0 Å². The SMILES string of the molecule is CCCC(CC)CO[n+]1c2ccccc2cc2ccccc21. The molecule has 0 aliphatic rings. The standard InChI is InChI=1S/C20H24NO/c1-3-9-16(4-2)15-22-21-19-12-7-5-10-17(19)14-18-11-6-8-13-20(18)21/h5-8,10-14,16H,3-4,9,15H2,1-2H3/q+1. The van der Waals surface area contributed by atoms with E-state index in [1.54, 1.807) is 0 Å². The number of para-hydroxylation sites is 2. The van der Waals surface area contributed by atoms with Crippen LogP contribution in [0.1, 0.15) is 33.1 Å². The van der Waals surface area contributed by atoms with Crippen LogP contribution in [0.3, 0.4) is 0 Å². The molecule has 2 nitrogen and oxygen atoms in total. The van der Waals surface area contributed by atoms with E-state index in [4.69, 9.17) is 4.84 Å². The molecule has 0 aliphatic carbocycles. The van der Waals surface area contributed by atoms with Crippen molar-refractivity contribution in [2.24, 2.45) is 5.92 Å². The molecule has 0 aliphatic heterocycles. The third-order valence-corrected chi connectivity index (χ3v) is 4.34. The molecule has 0 spiro atoms. The fourth-order valence-corrected chi connectivity index (χ4v) is 3.02. The Kier molecular flexibility index (Phi) is 4.57. The lowest BCUT2D eigenvalue weighted by molar-refractivity contribution is -0.852. The average molecular weight is 294 g/mol. The van der Waals surface area contributed by atoms with Crippen LogP contribution < -0.4 is 9.57 Å². The second-order valence-corrected chi connectivity index (χ2v) is 5.92. The molecule has 2 heteroatoms. The highest BCUT2D eigenvalue weighted by Crippen LogP contribution is 2.18. The molecule has 1 unspecified atom stereocenters. The molecule has 3 aromatic rings. The van der Waals surface area contributed by atoms with E-state index < -0.39 is 0 Å². The Morgan fingerprint density at radius 2 is 1.50 bits per heavy atom. The number of aromatic nitrogens is 1. The van der Waals surface area contributed by atoms with E-state index in [-0.39, 0.29) is 0 Å². The lowest BCUT2D eigenvalue weighted by Crippen LogP contribution is -2.46. The first-order valence-corrected chi connectivity index (χ1v) is 8.29. The Balaban J connectivity index is 2.04. The van der Waals surface area contributed by atoms with Gasteiger partial charge >= 0.3 is 0 Å². The monoisotopic (exact) mass is 294 g/mol. The van der Waals surface area contributed by atoms with Gasteiger partial charge in [0.05, 0.1) is 10.8 Å². The van der Waals surface area contributed by atoms with Gasteiger partial charge in [-0.1, -0.05) is 44.5 Å². The van der Waals surface area contributed by atoms with Crippen molar-refractivity contribution in [3.63, 3.8) is 0 Å².